The first-order chi connectivity index (χ1) is 8.56. The number of aromatic nitrogens is 3. The monoisotopic (exact) mass is 304 g/mol. The molecule has 9 heteroatoms. The molecule has 0 saturated heterocycles. The Balaban J connectivity index is 2.06. The van der Waals surface area contributed by atoms with Crippen LogP contribution >= 0.6 is 34.5 Å². The van der Waals surface area contributed by atoms with Gasteiger partial charge in [-0.05, 0) is 0 Å². The van der Waals surface area contributed by atoms with Crippen molar-refractivity contribution in [1.29, 1.82) is 0 Å². The first kappa shape index (κ1) is 13.0. The zero-order chi connectivity index (χ0) is 13.1. The van der Waals surface area contributed by atoms with Crippen molar-refractivity contribution in [2.75, 3.05) is 5.32 Å². The Morgan fingerprint density at radius 1 is 1.44 bits per heavy atom. The molecule has 0 spiro atoms. The minimum Gasteiger partial charge on any atom is -0.476 e. The number of thiazole rings is 1. The van der Waals surface area contributed by atoms with E-state index in [-0.39, 0.29) is 16.0 Å². The summed E-state index contributed by atoms with van der Waals surface area (Å²) in [6.07, 6.45) is 0. The zero-order valence-corrected chi connectivity index (χ0v) is 11.1. The lowest BCUT2D eigenvalue weighted by Gasteiger charge is -2.05. The first-order valence-corrected chi connectivity index (χ1v) is 6.30. The number of hydrogen-bond acceptors (Lipinski definition) is 6. The molecule has 0 radical (unpaired) electrons. The summed E-state index contributed by atoms with van der Waals surface area (Å²) in [7, 11) is 0. The van der Waals surface area contributed by atoms with E-state index in [1.165, 1.54) is 22.8 Å². The molecule has 2 aromatic heterocycles. The molecule has 0 amide bonds. The maximum absolute atomic E-state index is 10.7. The van der Waals surface area contributed by atoms with Crippen LogP contribution in [0.5, 0.6) is 0 Å². The van der Waals surface area contributed by atoms with Gasteiger partial charge in [-0.3, -0.25) is 0 Å². The number of halogens is 2. The molecule has 18 heavy (non-hydrogen) atoms. The molecule has 94 valence electrons. The number of aromatic carboxylic acids is 1. The number of rotatable bonds is 4. The third kappa shape index (κ3) is 3.06. The number of carbonyl (C=O) groups is 1. The number of hydrogen-bond donors (Lipinski definition) is 2. The molecule has 2 rings (SSSR count). The van der Waals surface area contributed by atoms with Crippen LogP contribution in [0, 0.1) is 0 Å². The van der Waals surface area contributed by atoms with Crippen molar-refractivity contribution in [3.8, 4) is 0 Å². The van der Waals surface area contributed by atoms with Gasteiger partial charge in [0.25, 0.3) is 0 Å². The highest BCUT2D eigenvalue weighted by Gasteiger charge is 2.09. The van der Waals surface area contributed by atoms with Gasteiger partial charge < -0.3 is 10.4 Å². The minimum atomic E-state index is -1.05. The Morgan fingerprint density at radius 3 is 2.89 bits per heavy atom. The van der Waals surface area contributed by atoms with Crippen LogP contribution in [0.4, 0.5) is 5.69 Å². The number of carboxylic acids is 1. The second kappa shape index (κ2) is 5.47. The minimum absolute atomic E-state index is 0.0220. The lowest BCUT2D eigenvalue weighted by molar-refractivity contribution is 0.0691. The van der Waals surface area contributed by atoms with E-state index < -0.39 is 5.97 Å². The molecular formula is C9H6Cl2N4O2S. The lowest BCUT2D eigenvalue weighted by atomic mass is 10.4. The van der Waals surface area contributed by atoms with Crippen molar-refractivity contribution >= 4 is 46.2 Å². The Kier molecular flexibility index (Phi) is 3.95. The predicted octanol–water partition coefficient (Wildman–Crippen LogP) is 2.55. The van der Waals surface area contributed by atoms with Gasteiger partial charge in [-0.25, -0.2) is 9.78 Å². The molecule has 0 fully saturated rings. The van der Waals surface area contributed by atoms with Crippen LogP contribution in [0.1, 0.15) is 15.5 Å². The molecule has 0 aliphatic carbocycles. The highest BCUT2D eigenvalue weighted by Crippen LogP contribution is 2.22. The molecule has 0 aliphatic rings. The van der Waals surface area contributed by atoms with E-state index in [0.717, 1.165) is 0 Å². The van der Waals surface area contributed by atoms with Gasteiger partial charge in [0, 0.05) is 11.4 Å². The van der Waals surface area contributed by atoms with Gasteiger partial charge in [-0.2, -0.15) is 0 Å². The van der Waals surface area contributed by atoms with Gasteiger partial charge in [0.2, 0.25) is 0 Å². The van der Waals surface area contributed by atoms with Crippen molar-refractivity contribution < 1.29 is 9.90 Å². The van der Waals surface area contributed by atoms with E-state index in [0.29, 0.717) is 17.2 Å². The number of anilines is 1. The van der Waals surface area contributed by atoms with Crippen molar-refractivity contribution in [1.82, 2.24) is 15.2 Å². The molecule has 2 N–H and O–H groups in total. The summed E-state index contributed by atoms with van der Waals surface area (Å²) in [5, 5.41) is 21.4. The number of nitrogens with one attached hydrogen (secondary N) is 1. The summed E-state index contributed by atoms with van der Waals surface area (Å²) in [5.74, 6) is -1.05. The third-order valence-electron chi connectivity index (χ3n) is 1.92. The summed E-state index contributed by atoms with van der Waals surface area (Å²) >= 11 is 12.7. The first-order valence-electron chi connectivity index (χ1n) is 4.66. The van der Waals surface area contributed by atoms with Crippen LogP contribution in [-0.2, 0) is 6.54 Å². The lowest BCUT2D eigenvalue weighted by Crippen LogP contribution is -2.03. The van der Waals surface area contributed by atoms with Gasteiger partial charge in [0.05, 0.1) is 12.2 Å². The van der Waals surface area contributed by atoms with Crippen LogP contribution in [0.3, 0.4) is 0 Å². The number of carboxylic acid groups (broad SMARTS) is 1. The van der Waals surface area contributed by atoms with Gasteiger partial charge in [-0.15, -0.1) is 21.5 Å². The highest BCUT2D eigenvalue weighted by molar-refractivity contribution is 7.09. The Bertz CT molecular complexity index is 590. The van der Waals surface area contributed by atoms with E-state index in [4.69, 9.17) is 28.3 Å². The largest absolute Gasteiger partial charge is 0.476 e. The van der Waals surface area contributed by atoms with E-state index in [1.807, 2.05) is 0 Å². The summed E-state index contributed by atoms with van der Waals surface area (Å²) < 4.78 is 0. The van der Waals surface area contributed by atoms with Crippen LogP contribution in [0.15, 0.2) is 11.4 Å². The predicted molar refractivity (Wildman–Crippen MR) is 68.5 cm³/mol. The van der Waals surface area contributed by atoms with Crippen molar-refractivity contribution in [2.45, 2.75) is 6.54 Å². The fraction of sp³-hybridized carbons (Fsp3) is 0.111. The van der Waals surface area contributed by atoms with Crippen LogP contribution in [0.2, 0.25) is 10.3 Å². The van der Waals surface area contributed by atoms with Crippen LogP contribution in [0.25, 0.3) is 0 Å². The summed E-state index contributed by atoms with van der Waals surface area (Å²) in [6.45, 7) is 0.333. The third-order valence-corrected chi connectivity index (χ3v) is 3.23. The van der Waals surface area contributed by atoms with Crippen LogP contribution < -0.4 is 5.32 Å². The Labute approximate surface area is 116 Å². The number of nitrogens with zero attached hydrogens (tertiary/aromatic N) is 3. The van der Waals surface area contributed by atoms with Crippen molar-refractivity contribution in [3.63, 3.8) is 0 Å². The molecular weight excluding hydrogens is 299 g/mol. The molecule has 0 saturated carbocycles. The second-order valence-electron chi connectivity index (χ2n) is 3.16. The highest BCUT2D eigenvalue weighted by atomic mass is 35.5. The van der Waals surface area contributed by atoms with Gasteiger partial charge in [0.1, 0.15) is 5.01 Å². The van der Waals surface area contributed by atoms with E-state index >= 15 is 0 Å². The fourth-order valence-electron chi connectivity index (χ4n) is 1.14. The van der Waals surface area contributed by atoms with Crippen molar-refractivity contribution in [3.05, 3.63) is 32.5 Å². The Morgan fingerprint density at radius 2 is 2.22 bits per heavy atom. The normalized spacial score (nSPS) is 10.3. The van der Waals surface area contributed by atoms with Crippen molar-refractivity contribution in [2.24, 2.45) is 0 Å². The molecule has 2 heterocycles. The van der Waals surface area contributed by atoms with Gasteiger partial charge in [-0.1, -0.05) is 23.2 Å². The topological polar surface area (TPSA) is 88.0 Å². The van der Waals surface area contributed by atoms with Crippen LogP contribution in [-0.4, -0.2) is 26.3 Å². The molecule has 2 aromatic rings. The maximum atomic E-state index is 10.7. The standard InChI is InChI=1S/C9H6Cl2N4O2S/c10-6-1-4(8(11)15-14-6)12-2-7-13-5(3-18-7)9(16)17/h1,3H,2H2,(H,12,14)(H,16,17). The maximum Gasteiger partial charge on any atom is 0.355 e. The fourth-order valence-corrected chi connectivity index (χ4v) is 2.15. The van der Waals surface area contributed by atoms with E-state index in [1.54, 1.807) is 0 Å². The quantitative estimate of drug-likeness (QED) is 0.902. The molecule has 0 unspecified atom stereocenters. The molecule has 0 bridgehead atoms. The Hall–Kier alpha value is -1.44. The summed E-state index contributed by atoms with van der Waals surface area (Å²) in [4.78, 5) is 14.6. The molecule has 0 aromatic carbocycles. The zero-order valence-electron chi connectivity index (χ0n) is 8.72. The average molecular weight is 305 g/mol. The summed E-state index contributed by atoms with van der Waals surface area (Å²) in [5.41, 5.74) is 0.539. The van der Waals surface area contributed by atoms with Gasteiger partial charge >= 0.3 is 5.97 Å². The molecule has 6 nitrogen and oxygen atoms in total. The second-order valence-corrected chi connectivity index (χ2v) is 4.84. The van der Waals surface area contributed by atoms with E-state index in [2.05, 4.69) is 20.5 Å². The van der Waals surface area contributed by atoms with E-state index in [9.17, 15) is 4.79 Å². The smallest absolute Gasteiger partial charge is 0.355 e. The average Bonchev–Trinajstić information content (AvgIpc) is 2.79. The SMILES string of the molecule is O=C(O)c1csc(CNc2cc(Cl)nnc2Cl)n1. The molecule has 0 aliphatic heterocycles. The summed E-state index contributed by atoms with van der Waals surface area (Å²) in [6, 6.07) is 1.53. The van der Waals surface area contributed by atoms with Gasteiger partial charge in [0.15, 0.2) is 16.0 Å². The molecule has 0 atom stereocenters.